The number of benzene rings is 2. The zero-order chi connectivity index (χ0) is 21.4. The first-order valence-corrected chi connectivity index (χ1v) is 11.6. The Hall–Kier alpha value is -1.57. The smallest absolute Gasteiger partial charge is 0.187 e. The SMILES string of the molecule is Cc1cccc(Cl)c1C(=O)Pc1ccc(OCCC(C)C)cc1OCCC(C)C. The second-order valence-corrected chi connectivity index (χ2v) is 9.76. The first kappa shape index (κ1) is 23.7. The van der Waals surface area contributed by atoms with Crippen LogP contribution in [0, 0.1) is 18.8 Å². The van der Waals surface area contributed by atoms with E-state index in [4.69, 9.17) is 21.1 Å². The predicted molar refractivity (Wildman–Crippen MR) is 125 cm³/mol. The van der Waals surface area contributed by atoms with Gasteiger partial charge >= 0.3 is 0 Å². The summed E-state index contributed by atoms with van der Waals surface area (Å²) in [6.45, 7) is 11.9. The van der Waals surface area contributed by atoms with Gasteiger partial charge in [-0.05, 0) is 63.9 Å². The van der Waals surface area contributed by atoms with Gasteiger partial charge in [0, 0.05) is 16.9 Å². The molecular formula is C24H32ClO3P. The molecule has 0 saturated heterocycles. The van der Waals surface area contributed by atoms with Gasteiger partial charge in [-0.3, -0.25) is 4.79 Å². The van der Waals surface area contributed by atoms with Crippen molar-refractivity contribution in [2.24, 2.45) is 11.8 Å². The molecule has 158 valence electrons. The van der Waals surface area contributed by atoms with E-state index < -0.39 is 0 Å². The molecule has 2 aromatic rings. The van der Waals surface area contributed by atoms with E-state index in [-0.39, 0.29) is 14.1 Å². The maximum atomic E-state index is 13.0. The normalized spacial score (nSPS) is 11.6. The maximum Gasteiger partial charge on any atom is 0.187 e. The van der Waals surface area contributed by atoms with Crippen LogP contribution in [0.5, 0.6) is 11.5 Å². The molecule has 0 aromatic heterocycles. The Morgan fingerprint density at radius 2 is 1.66 bits per heavy atom. The van der Waals surface area contributed by atoms with Gasteiger partial charge < -0.3 is 9.47 Å². The highest BCUT2D eigenvalue weighted by atomic mass is 35.5. The maximum absolute atomic E-state index is 13.0. The van der Waals surface area contributed by atoms with E-state index in [1.54, 1.807) is 6.07 Å². The van der Waals surface area contributed by atoms with Crippen molar-refractivity contribution in [2.45, 2.75) is 47.5 Å². The van der Waals surface area contributed by atoms with Crippen molar-refractivity contribution >= 4 is 31.0 Å². The number of carbonyl (C=O) groups is 1. The molecule has 0 aliphatic rings. The largest absolute Gasteiger partial charge is 0.493 e. The molecular weight excluding hydrogens is 403 g/mol. The highest BCUT2D eigenvalue weighted by Gasteiger charge is 2.17. The lowest BCUT2D eigenvalue weighted by molar-refractivity contribution is 0.108. The molecule has 0 aliphatic carbocycles. The summed E-state index contributed by atoms with van der Waals surface area (Å²) in [5.74, 6) is 2.65. The van der Waals surface area contributed by atoms with Crippen molar-refractivity contribution < 1.29 is 14.3 Å². The fraction of sp³-hybridized carbons (Fsp3) is 0.458. The summed E-state index contributed by atoms with van der Waals surface area (Å²) >= 11 is 6.29. The molecule has 0 bridgehead atoms. The molecule has 0 spiro atoms. The van der Waals surface area contributed by atoms with E-state index in [0.29, 0.717) is 35.6 Å². The van der Waals surface area contributed by atoms with Crippen molar-refractivity contribution in [3.8, 4) is 11.5 Å². The van der Waals surface area contributed by atoms with Crippen LogP contribution in [0.2, 0.25) is 5.02 Å². The fourth-order valence-corrected chi connectivity index (χ4v) is 4.26. The average molecular weight is 435 g/mol. The van der Waals surface area contributed by atoms with Crippen LogP contribution in [0.25, 0.3) is 0 Å². The van der Waals surface area contributed by atoms with Gasteiger partial charge in [0.2, 0.25) is 0 Å². The number of carbonyl (C=O) groups excluding carboxylic acids is 1. The Morgan fingerprint density at radius 3 is 2.28 bits per heavy atom. The summed E-state index contributed by atoms with van der Waals surface area (Å²) in [6.07, 6.45) is 1.95. The molecule has 29 heavy (non-hydrogen) atoms. The minimum atomic E-state index is -0.0561. The van der Waals surface area contributed by atoms with Gasteiger partial charge in [-0.1, -0.05) is 51.4 Å². The summed E-state index contributed by atoms with van der Waals surface area (Å²) in [5, 5.41) is 1.38. The van der Waals surface area contributed by atoms with Gasteiger partial charge in [-0.25, -0.2) is 0 Å². The van der Waals surface area contributed by atoms with Crippen molar-refractivity contribution in [1.29, 1.82) is 0 Å². The van der Waals surface area contributed by atoms with Gasteiger partial charge in [0.25, 0.3) is 0 Å². The van der Waals surface area contributed by atoms with Gasteiger partial charge in [0.05, 0.1) is 18.2 Å². The van der Waals surface area contributed by atoms with Crippen molar-refractivity contribution in [3.63, 3.8) is 0 Å². The van der Waals surface area contributed by atoms with Crippen LogP contribution in [0.3, 0.4) is 0 Å². The first-order valence-electron chi connectivity index (χ1n) is 10.2. The minimum Gasteiger partial charge on any atom is -0.493 e. The van der Waals surface area contributed by atoms with Crippen LogP contribution in [0.15, 0.2) is 36.4 Å². The van der Waals surface area contributed by atoms with Crippen LogP contribution >= 0.6 is 20.2 Å². The van der Waals surface area contributed by atoms with Gasteiger partial charge in [0.15, 0.2) is 5.52 Å². The molecule has 2 rings (SSSR count). The topological polar surface area (TPSA) is 35.5 Å². The summed E-state index contributed by atoms with van der Waals surface area (Å²) < 4.78 is 11.9. The Bertz CT molecular complexity index is 798. The quantitative estimate of drug-likeness (QED) is 0.372. The van der Waals surface area contributed by atoms with E-state index in [9.17, 15) is 4.79 Å². The van der Waals surface area contributed by atoms with E-state index in [1.165, 1.54) is 0 Å². The molecule has 1 unspecified atom stereocenters. The van der Waals surface area contributed by atoms with Gasteiger partial charge in [-0.15, -0.1) is 0 Å². The molecule has 5 heteroatoms. The lowest BCUT2D eigenvalue weighted by Gasteiger charge is -2.15. The summed E-state index contributed by atoms with van der Waals surface area (Å²) in [6, 6.07) is 11.3. The molecule has 0 fully saturated rings. The molecule has 3 nitrogen and oxygen atoms in total. The standard InChI is InChI=1S/C24H32ClO3P/c1-16(2)11-13-27-19-9-10-22(21(15-19)28-14-12-17(3)4)29-24(26)23-18(5)7-6-8-20(23)25/h6-10,15-17,29H,11-14H2,1-5H3. The molecule has 0 N–H and O–H groups in total. The molecule has 0 saturated carbocycles. The second kappa shape index (κ2) is 11.6. The van der Waals surface area contributed by atoms with E-state index in [0.717, 1.165) is 35.2 Å². The van der Waals surface area contributed by atoms with Gasteiger partial charge in [-0.2, -0.15) is 0 Å². The van der Waals surface area contributed by atoms with Gasteiger partial charge in [0.1, 0.15) is 11.5 Å². The van der Waals surface area contributed by atoms with Crippen LogP contribution < -0.4 is 14.8 Å². The number of ether oxygens (including phenoxy) is 2. The zero-order valence-corrected chi connectivity index (χ0v) is 19.8. The van der Waals surface area contributed by atoms with Crippen molar-refractivity contribution in [3.05, 3.63) is 52.5 Å². The monoisotopic (exact) mass is 434 g/mol. The predicted octanol–water partition coefficient (Wildman–Crippen LogP) is 6.64. The molecule has 0 aliphatic heterocycles. The van der Waals surface area contributed by atoms with E-state index in [2.05, 4.69) is 27.7 Å². The molecule has 1 atom stereocenters. The van der Waals surface area contributed by atoms with Crippen LogP contribution in [0.4, 0.5) is 0 Å². The fourth-order valence-electron chi connectivity index (χ4n) is 2.74. The van der Waals surface area contributed by atoms with Crippen molar-refractivity contribution in [1.82, 2.24) is 0 Å². The average Bonchev–Trinajstić information content (AvgIpc) is 2.63. The summed E-state index contributed by atoms with van der Waals surface area (Å²) in [7, 11) is -0.0561. The Kier molecular flexibility index (Phi) is 9.46. The molecule has 2 aromatic carbocycles. The summed E-state index contributed by atoms with van der Waals surface area (Å²) in [5.41, 5.74) is 1.51. The number of hydrogen-bond donors (Lipinski definition) is 0. The van der Waals surface area contributed by atoms with E-state index >= 15 is 0 Å². The Balaban J connectivity index is 2.20. The highest BCUT2D eigenvalue weighted by Crippen LogP contribution is 2.31. The lowest BCUT2D eigenvalue weighted by atomic mass is 10.1. The van der Waals surface area contributed by atoms with Crippen LogP contribution in [0.1, 0.15) is 56.5 Å². The lowest BCUT2D eigenvalue weighted by Crippen LogP contribution is -2.11. The molecule has 0 amide bonds. The second-order valence-electron chi connectivity index (χ2n) is 8.11. The highest BCUT2D eigenvalue weighted by molar-refractivity contribution is 7.66. The molecule has 0 heterocycles. The van der Waals surface area contributed by atoms with Crippen molar-refractivity contribution in [2.75, 3.05) is 13.2 Å². The third kappa shape index (κ3) is 7.64. The minimum absolute atomic E-state index is 0.0234. The van der Waals surface area contributed by atoms with E-state index in [1.807, 2.05) is 37.3 Å². The number of hydrogen-bond acceptors (Lipinski definition) is 3. The number of aryl methyl sites for hydroxylation is 1. The zero-order valence-electron chi connectivity index (χ0n) is 18.0. The number of rotatable bonds is 11. The summed E-state index contributed by atoms with van der Waals surface area (Å²) in [4.78, 5) is 13.0. The number of halogens is 1. The molecule has 0 radical (unpaired) electrons. The Labute approximate surface area is 181 Å². The Morgan fingerprint density at radius 1 is 1.00 bits per heavy atom. The third-order valence-corrected chi connectivity index (χ3v) is 6.04. The third-order valence-electron chi connectivity index (χ3n) is 4.57. The van der Waals surface area contributed by atoms with Crippen LogP contribution in [-0.2, 0) is 0 Å². The van der Waals surface area contributed by atoms with Crippen LogP contribution in [-0.4, -0.2) is 18.7 Å². The first-order chi connectivity index (χ1) is 13.8.